The first-order valence-corrected chi connectivity index (χ1v) is 5.29. The Morgan fingerprint density at radius 3 is 2.73 bits per heavy atom. The van der Waals surface area contributed by atoms with E-state index in [9.17, 15) is 0 Å². The molecule has 0 spiro atoms. The van der Waals surface area contributed by atoms with Crippen LogP contribution in [0.1, 0.15) is 38.9 Å². The van der Waals surface area contributed by atoms with Gasteiger partial charge in [-0.05, 0) is 13.3 Å². The Kier molecular flexibility index (Phi) is 4.23. The lowest BCUT2D eigenvalue weighted by atomic mass is 10.1. The molecule has 2 N–H and O–H groups in total. The van der Waals surface area contributed by atoms with Crippen molar-refractivity contribution in [2.75, 3.05) is 13.2 Å². The van der Waals surface area contributed by atoms with Crippen molar-refractivity contribution in [1.82, 2.24) is 10.1 Å². The summed E-state index contributed by atoms with van der Waals surface area (Å²) in [6.07, 6.45) is 1.70. The van der Waals surface area contributed by atoms with Gasteiger partial charge in [0, 0.05) is 13.0 Å². The highest BCUT2D eigenvalue weighted by Gasteiger charge is 2.27. The molecular weight excluding hydrogens is 194 g/mol. The van der Waals surface area contributed by atoms with Crippen LogP contribution in [0.25, 0.3) is 0 Å². The van der Waals surface area contributed by atoms with E-state index in [2.05, 4.69) is 17.1 Å². The van der Waals surface area contributed by atoms with Gasteiger partial charge in [0.05, 0.1) is 6.61 Å². The van der Waals surface area contributed by atoms with Gasteiger partial charge < -0.3 is 15.0 Å². The smallest absolute Gasteiger partial charge is 0.226 e. The van der Waals surface area contributed by atoms with Gasteiger partial charge in [0.2, 0.25) is 5.89 Å². The largest absolute Gasteiger partial charge is 0.379 e. The van der Waals surface area contributed by atoms with Crippen LogP contribution in [0.5, 0.6) is 0 Å². The van der Waals surface area contributed by atoms with Crippen molar-refractivity contribution in [2.45, 2.75) is 39.2 Å². The lowest BCUT2D eigenvalue weighted by Crippen LogP contribution is -2.39. The summed E-state index contributed by atoms with van der Waals surface area (Å²) in [5.41, 5.74) is 5.36. The SMILES string of the molecule is CCCOCC(C)(N)c1noc(CC)n1. The van der Waals surface area contributed by atoms with Crippen molar-refractivity contribution in [3.05, 3.63) is 11.7 Å². The monoisotopic (exact) mass is 213 g/mol. The van der Waals surface area contributed by atoms with Crippen molar-refractivity contribution in [3.8, 4) is 0 Å². The van der Waals surface area contributed by atoms with Gasteiger partial charge in [0.15, 0.2) is 5.82 Å². The first kappa shape index (κ1) is 12.1. The second kappa shape index (κ2) is 5.23. The molecule has 0 aliphatic heterocycles. The molecule has 1 rings (SSSR count). The quantitative estimate of drug-likeness (QED) is 0.719. The van der Waals surface area contributed by atoms with Crippen LogP contribution in [-0.2, 0) is 16.7 Å². The summed E-state index contributed by atoms with van der Waals surface area (Å²) in [5.74, 6) is 1.12. The number of ether oxygens (including phenoxy) is 1. The molecule has 0 saturated heterocycles. The molecule has 0 radical (unpaired) electrons. The zero-order chi connectivity index (χ0) is 11.3. The summed E-state index contributed by atoms with van der Waals surface area (Å²) in [5, 5.41) is 3.85. The summed E-state index contributed by atoms with van der Waals surface area (Å²) in [6.45, 7) is 6.96. The van der Waals surface area contributed by atoms with E-state index in [1.165, 1.54) is 0 Å². The van der Waals surface area contributed by atoms with E-state index in [0.717, 1.165) is 12.8 Å². The highest BCUT2D eigenvalue weighted by molar-refractivity contribution is 5.01. The Morgan fingerprint density at radius 2 is 2.20 bits per heavy atom. The molecule has 86 valence electrons. The minimum absolute atomic E-state index is 0.406. The molecule has 1 atom stereocenters. The average molecular weight is 213 g/mol. The van der Waals surface area contributed by atoms with Gasteiger partial charge in [-0.1, -0.05) is 19.0 Å². The Hall–Kier alpha value is -0.940. The standard InChI is InChI=1S/C10H19N3O2/c1-4-6-14-7-10(3,11)9-12-8(5-2)15-13-9/h4-7,11H2,1-3H3. The molecule has 0 aliphatic carbocycles. The Bertz CT molecular complexity index is 297. The predicted molar refractivity (Wildman–Crippen MR) is 56.3 cm³/mol. The van der Waals surface area contributed by atoms with Gasteiger partial charge in [0.1, 0.15) is 5.54 Å². The van der Waals surface area contributed by atoms with Crippen LogP contribution in [0.4, 0.5) is 0 Å². The zero-order valence-electron chi connectivity index (χ0n) is 9.62. The summed E-state index contributed by atoms with van der Waals surface area (Å²) < 4.78 is 10.4. The van der Waals surface area contributed by atoms with E-state index >= 15 is 0 Å². The Labute approximate surface area is 90.0 Å². The molecule has 1 aromatic rings. The zero-order valence-corrected chi connectivity index (χ0v) is 9.62. The molecular formula is C10H19N3O2. The van der Waals surface area contributed by atoms with E-state index in [4.69, 9.17) is 15.0 Å². The number of nitrogens with zero attached hydrogens (tertiary/aromatic N) is 2. The highest BCUT2D eigenvalue weighted by Crippen LogP contribution is 2.14. The first-order valence-electron chi connectivity index (χ1n) is 5.29. The van der Waals surface area contributed by atoms with Crippen molar-refractivity contribution in [1.29, 1.82) is 0 Å². The number of aryl methyl sites for hydroxylation is 1. The highest BCUT2D eigenvalue weighted by atomic mass is 16.5. The molecule has 15 heavy (non-hydrogen) atoms. The lowest BCUT2D eigenvalue weighted by Gasteiger charge is -2.19. The van der Waals surface area contributed by atoms with Crippen LogP contribution in [0, 0.1) is 0 Å². The molecule has 1 unspecified atom stereocenters. The van der Waals surface area contributed by atoms with Crippen LogP contribution in [0.15, 0.2) is 4.52 Å². The van der Waals surface area contributed by atoms with Crippen molar-refractivity contribution in [2.24, 2.45) is 5.73 Å². The Morgan fingerprint density at radius 1 is 1.47 bits per heavy atom. The second-order valence-electron chi connectivity index (χ2n) is 3.84. The molecule has 1 heterocycles. The normalized spacial score (nSPS) is 15.2. The molecule has 5 nitrogen and oxygen atoms in total. The molecule has 0 amide bonds. The van der Waals surface area contributed by atoms with Crippen molar-refractivity contribution in [3.63, 3.8) is 0 Å². The summed E-state index contributed by atoms with van der Waals surface area (Å²) in [4.78, 5) is 4.20. The fourth-order valence-electron chi connectivity index (χ4n) is 1.12. The van der Waals surface area contributed by atoms with E-state index in [-0.39, 0.29) is 0 Å². The third-order valence-corrected chi connectivity index (χ3v) is 2.03. The minimum atomic E-state index is -0.675. The van der Waals surface area contributed by atoms with Gasteiger partial charge in [-0.15, -0.1) is 0 Å². The van der Waals surface area contributed by atoms with Crippen LogP contribution < -0.4 is 5.73 Å². The van der Waals surface area contributed by atoms with Crippen LogP contribution in [-0.4, -0.2) is 23.4 Å². The molecule has 0 aliphatic rings. The average Bonchev–Trinajstić information content (AvgIpc) is 2.66. The molecule has 0 aromatic carbocycles. The number of hydrogen-bond donors (Lipinski definition) is 1. The van der Waals surface area contributed by atoms with E-state index in [0.29, 0.717) is 24.9 Å². The number of nitrogens with two attached hydrogens (primary N) is 1. The van der Waals surface area contributed by atoms with Crippen LogP contribution in [0.2, 0.25) is 0 Å². The van der Waals surface area contributed by atoms with Crippen molar-refractivity contribution < 1.29 is 9.26 Å². The van der Waals surface area contributed by atoms with Gasteiger partial charge in [-0.3, -0.25) is 0 Å². The molecule has 0 bridgehead atoms. The maximum atomic E-state index is 6.04. The number of rotatable bonds is 6. The fourth-order valence-corrected chi connectivity index (χ4v) is 1.12. The van der Waals surface area contributed by atoms with Gasteiger partial charge in [-0.25, -0.2) is 0 Å². The van der Waals surface area contributed by atoms with E-state index < -0.39 is 5.54 Å². The van der Waals surface area contributed by atoms with Crippen molar-refractivity contribution >= 4 is 0 Å². The molecule has 0 fully saturated rings. The number of hydrogen-bond acceptors (Lipinski definition) is 5. The molecule has 0 saturated carbocycles. The number of aromatic nitrogens is 2. The molecule has 1 aromatic heterocycles. The third-order valence-electron chi connectivity index (χ3n) is 2.03. The minimum Gasteiger partial charge on any atom is -0.379 e. The van der Waals surface area contributed by atoms with E-state index in [1.54, 1.807) is 0 Å². The van der Waals surface area contributed by atoms with Gasteiger partial charge in [-0.2, -0.15) is 4.98 Å². The van der Waals surface area contributed by atoms with Gasteiger partial charge >= 0.3 is 0 Å². The predicted octanol–water partition coefficient (Wildman–Crippen LogP) is 1.23. The van der Waals surface area contributed by atoms with Crippen LogP contribution >= 0.6 is 0 Å². The third kappa shape index (κ3) is 3.28. The maximum Gasteiger partial charge on any atom is 0.226 e. The summed E-state index contributed by atoms with van der Waals surface area (Å²) in [7, 11) is 0. The first-order chi connectivity index (χ1) is 7.10. The van der Waals surface area contributed by atoms with E-state index in [1.807, 2.05) is 13.8 Å². The summed E-state index contributed by atoms with van der Waals surface area (Å²) >= 11 is 0. The Balaban J connectivity index is 2.59. The lowest BCUT2D eigenvalue weighted by molar-refractivity contribution is 0.0867. The topological polar surface area (TPSA) is 74.2 Å². The van der Waals surface area contributed by atoms with Crippen LogP contribution in [0.3, 0.4) is 0 Å². The molecule has 5 heteroatoms. The fraction of sp³-hybridized carbons (Fsp3) is 0.800. The maximum absolute atomic E-state index is 6.04. The summed E-state index contributed by atoms with van der Waals surface area (Å²) in [6, 6.07) is 0. The second-order valence-corrected chi connectivity index (χ2v) is 3.84. The van der Waals surface area contributed by atoms with Gasteiger partial charge in [0.25, 0.3) is 0 Å².